The van der Waals surface area contributed by atoms with Gasteiger partial charge in [0, 0.05) is 41.5 Å². The Morgan fingerprint density at radius 3 is 2.63 bits per heavy atom. The van der Waals surface area contributed by atoms with Gasteiger partial charge in [0.2, 0.25) is 0 Å². The number of nitrogens with two attached hydrogens (primary N) is 2. The van der Waals surface area contributed by atoms with Crippen molar-refractivity contribution in [1.82, 2.24) is 0 Å². The van der Waals surface area contributed by atoms with Crippen molar-refractivity contribution < 1.29 is 9.15 Å². The monoisotopic (exact) mass is 369 g/mol. The van der Waals surface area contributed by atoms with Gasteiger partial charge in [-0.25, -0.2) is 0 Å². The van der Waals surface area contributed by atoms with Crippen LogP contribution in [0.2, 0.25) is 0 Å². The summed E-state index contributed by atoms with van der Waals surface area (Å²) in [5.41, 5.74) is 15.3. The molecule has 2 aromatic rings. The van der Waals surface area contributed by atoms with E-state index in [0.29, 0.717) is 47.6 Å². The Bertz CT molecular complexity index is 982. The first kappa shape index (κ1) is 19.3. The first-order valence-corrected chi connectivity index (χ1v) is 9.09. The molecule has 0 aliphatic carbocycles. The summed E-state index contributed by atoms with van der Waals surface area (Å²) in [6.45, 7) is 9.71. The third-order valence-electron chi connectivity index (χ3n) is 4.93. The fourth-order valence-corrected chi connectivity index (χ4v) is 3.26. The zero-order valence-electron chi connectivity index (χ0n) is 16.3. The second-order valence-corrected chi connectivity index (χ2v) is 7.80. The average Bonchev–Trinajstić information content (AvgIpc) is 2.60. The Morgan fingerprint density at radius 2 is 2.07 bits per heavy atom. The molecule has 27 heavy (non-hydrogen) atoms. The quantitative estimate of drug-likeness (QED) is 0.789. The highest BCUT2D eigenvalue weighted by atomic mass is 16.5. The normalized spacial score (nSPS) is 18.0. The van der Waals surface area contributed by atoms with E-state index in [1.165, 1.54) is 6.20 Å². The van der Waals surface area contributed by atoms with Crippen LogP contribution in [0.5, 0.6) is 0 Å². The molecule has 1 aromatic carbocycles. The SMILES string of the molecule is Cc1cc(C(C)N)c2oc(/C(C=NCC3(C)COC3)=C/N)c(C)c(=O)c2c1. The van der Waals surface area contributed by atoms with Gasteiger partial charge in [-0.1, -0.05) is 13.0 Å². The zero-order valence-corrected chi connectivity index (χ0v) is 16.3. The highest BCUT2D eigenvalue weighted by molar-refractivity contribution is 6.09. The molecule has 1 aliphatic heterocycles. The molecule has 4 N–H and O–H groups in total. The molecule has 1 atom stereocenters. The van der Waals surface area contributed by atoms with Gasteiger partial charge in [-0.15, -0.1) is 0 Å². The van der Waals surface area contributed by atoms with Crippen LogP contribution in [-0.2, 0) is 4.74 Å². The van der Waals surface area contributed by atoms with Gasteiger partial charge in [-0.05, 0) is 32.4 Å². The van der Waals surface area contributed by atoms with E-state index in [1.807, 2.05) is 26.0 Å². The smallest absolute Gasteiger partial charge is 0.196 e. The van der Waals surface area contributed by atoms with Gasteiger partial charge >= 0.3 is 0 Å². The molecule has 144 valence electrons. The fraction of sp³-hybridized carbons (Fsp3) is 0.429. The minimum atomic E-state index is -0.261. The maximum absolute atomic E-state index is 13.0. The van der Waals surface area contributed by atoms with Gasteiger partial charge < -0.3 is 20.6 Å². The number of fused-ring (bicyclic) bond motifs is 1. The van der Waals surface area contributed by atoms with Gasteiger partial charge in [0.1, 0.15) is 11.3 Å². The number of hydrogen-bond acceptors (Lipinski definition) is 6. The molecule has 0 bridgehead atoms. The van der Waals surface area contributed by atoms with Gasteiger partial charge in [-0.2, -0.15) is 0 Å². The second-order valence-electron chi connectivity index (χ2n) is 7.80. The number of nitrogens with zero attached hydrogens (tertiary/aromatic N) is 1. The Labute approximate surface area is 158 Å². The van der Waals surface area contributed by atoms with Crippen LogP contribution in [0.1, 0.15) is 42.3 Å². The molecule has 0 radical (unpaired) electrons. The summed E-state index contributed by atoms with van der Waals surface area (Å²) in [5, 5.41) is 0.538. The third-order valence-corrected chi connectivity index (χ3v) is 4.93. The van der Waals surface area contributed by atoms with Crippen LogP contribution in [0, 0.1) is 19.3 Å². The molecule has 2 heterocycles. The van der Waals surface area contributed by atoms with Crippen LogP contribution in [0.25, 0.3) is 16.5 Å². The van der Waals surface area contributed by atoms with Crippen molar-refractivity contribution in [3.8, 4) is 0 Å². The van der Waals surface area contributed by atoms with Crippen LogP contribution in [-0.4, -0.2) is 26.0 Å². The minimum Gasteiger partial charge on any atom is -0.455 e. The molecule has 6 heteroatoms. The summed E-state index contributed by atoms with van der Waals surface area (Å²) >= 11 is 0. The van der Waals surface area contributed by atoms with Gasteiger partial charge in [0.05, 0.1) is 24.2 Å². The lowest BCUT2D eigenvalue weighted by atomic mass is 9.89. The number of hydrogen-bond donors (Lipinski definition) is 2. The maximum atomic E-state index is 13.0. The zero-order chi connectivity index (χ0) is 19.8. The van der Waals surface area contributed by atoms with Crippen molar-refractivity contribution in [3.05, 3.63) is 51.0 Å². The first-order valence-electron chi connectivity index (χ1n) is 9.09. The number of aryl methyl sites for hydroxylation is 1. The van der Waals surface area contributed by atoms with Crippen LogP contribution in [0.15, 0.2) is 32.5 Å². The predicted octanol–water partition coefficient (Wildman–Crippen LogP) is 2.84. The highest BCUT2D eigenvalue weighted by Crippen LogP contribution is 2.29. The Balaban J connectivity index is 2.08. The number of allylic oxidation sites excluding steroid dienone is 1. The summed E-state index contributed by atoms with van der Waals surface area (Å²) in [4.78, 5) is 17.5. The largest absolute Gasteiger partial charge is 0.455 e. The van der Waals surface area contributed by atoms with Crippen molar-refractivity contribution in [2.75, 3.05) is 19.8 Å². The van der Waals surface area contributed by atoms with Crippen LogP contribution < -0.4 is 16.9 Å². The Kier molecular flexibility index (Phi) is 5.22. The molecule has 6 nitrogen and oxygen atoms in total. The van der Waals surface area contributed by atoms with E-state index in [1.54, 1.807) is 13.1 Å². The highest BCUT2D eigenvalue weighted by Gasteiger charge is 2.32. The molecule has 0 saturated carbocycles. The molecule has 0 amide bonds. The molecule has 1 saturated heterocycles. The number of benzene rings is 1. The number of rotatable bonds is 5. The number of aliphatic imine (C=N–C) groups is 1. The molecule has 1 aromatic heterocycles. The predicted molar refractivity (Wildman–Crippen MR) is 109 cm³/mol. The third kappa shape index (κ3) is 3.68. The van der Waals surface area contributed by atoms with E-state index in [2.05, 4.69) is 11.9 Å². The standard InChI is InChI=1S/C21H27N3O3/c1-12-5-16(14(3)23)20-17(6-12)18(25)13(2)19(27-20)15(7-22)8-24-9-21(4)10-26-11-21/h5-8,14H,9-11,22-23H2,1-4H3/b15-7+,24-8?. The lowest BCUT2D eigenvalue weighted by molar-refractivity contribution is -0.0944. The molecule has 1 fully saturated rings. The van der Waals surface area contributed by atoms with Crippen molar-refractivity contribution in [2.45, 2.75) is 33.7 Å². The van der Waals surface area contributed by atoms with E-state index >= 15 is 0 Å². The topological polar surface area (TPSA) is 104 Å². The molecule has 1 unspecified atom stereocenters. The van der Waals surface area contributed by atoms with E-state index in [0.717, 1.165) is 11.1 Å². The van der Waals surface area contributed by atoms with Crippen LogP contribution >= 0.6 is 0 Å². The summed E-state index contributed by atoms with van der Waals surface area (Å²) in [7, 11) is 0. The first-order chi connectivity index (χ1) is 12.8. The van der Waals surface area contributed by atoms with Crippen LogP contribution in [0.4, 0.5) is 0 Å². The van der Waals surface area contributed by atoms with Gasteiger partial charge in [0.15, 0.2) is 5.43 Å². The lowest BCUT2D eigenvalue weighted by Crippen LogP contribution is -2.42. The van der Waals surface area contributed by atoms with Crippen molar-refractivity contribution in [2.24, 2.45) is 21.9 Å². The van der Waals surface area contributed by atoms with E-state index in [9.17, 15) is 4.79 Å². The maximum Gasteiger partial charge on any atom is 0.196 e. The minimum absolute atomic E-state index is 0.0646. The summed E-state index contributed by atoms with van der Waals surface area (Å²) in [6, 6.07) is 3.52. The molecule has 1 aliphatic rings. The Morgan fingerprint density at radius 1 is 1.37 bits per heavy atom. The van der Waals surface area contributed by atoms with E-state index in [4.69, 9.17) is 20.6 Å². The molecule has 3 rings (SSSR count). The lowest BCUT2D eigenvalue weighted by Gasteiger charge is -2.36. The molecule has 0 spiro atoms. The van der Waals surface area contributed by atoms with Gasteiger partial charge in [0.25, 0.3) is 0 Å². The average molecular weight is 369 g/mol. The van der Waals surface area contributed by atoms with E-state index < -0.39 is 0 Å². The summed E-state index contributed by atoms with van der Waals surface area (Å²) in [5.74, 6) is 0.430. The van der Waals surface area contributed by atoms with Crippen molar-refractivity contribution in [1.29, 1.82) is 0 Å². The van der Waals surface area contributed by atoms with Crippen molar-refractivity contribution >= 4 is 22.8 Å². The van der Waals surface area contributed by atoms with Crippen LogP contribution in [0.3, 0.4) is 0 Å². The number of ether oxygens (including phenoxy) is 1. The molecular weight excluding hydrogens is 342 g/mol. The summed E-state index contributed by atoms with van der Waals surface area (Å²) in [6.07, 6.45) is 3.08. The van der Waals surface area contributed by atoms with Gasteiger partial charge in [-0.3, -0.25) is 9.79 Å². The van der Waals surface area contributed by atoms with Crippen molar-refractivity contribution in [3.63, 3.8) is 0 Å². The Hall–Kier alpha value is -2.44. The second kappa shape index (κ2) is 7.29. The summed E-state index contributed by atoms with van der Waals surface area (Å²) < 4.78 is 11.4. The fourth-order valence-electron chi connectivity index (χ4n) is 3.26. The molecular formula is C21H27N3O3. The van der Waals surface area contributed by atoms with E-state index in [-0.39, 0.29) is 16.9 Å².